The first kappa shape index (κ1) is 12.6. The van der Waals surface area contributed by atoms with E-state index >= 15 is 0 Å². The summed E-state index contributed by atoms with van der Waals surface area (Å²) < 4.78 is 4.80. The Hall–Kier alpha value is -1.43. The van der Waals surface area contributed by atoms with E-state index in [0.29, 0.717) is 31.2 Å². The molecule has 0 aliphatic heterocycles. The van der Waals surface area contributed by atoms with Gasteiger partial charge >= 0.3 is 0 Å². The number of carbonyl (C=O) groups excluding carboxylic acids is 1. The van der Waals surface area contributed by atoms with E-state index in [-0.39, 0.29) is 5.91 Å². The molecule has 1 rings (SSSR count). The molecule has 0 saturated carbocycles. The molecule has 1 atom stereocenters. The third kappa shape index (κ3) is 4.39. The molecule has 0 spiro atoms. The monoisotopic (exact) mass is 226 g/mol. The number of hydrogen-bond donors (Lipinski definition) is 2. The van der Waals surface area contributed by atoms with E-state index in [1.807, 2.05) is 13.8 Å². The summed E-state index contributed by atoms with van der Waals surface area (Å²) in [6.07, 6.45) is 2.55. The molecule has 16 heavy (non-hydrogen) atoms. The van der Waals surface area contributed by atoms with Crippen LogP contribution in [0.4, 0.5) is 0 Å². The van der Waals surface area contributed by atoms with Crippen LogP contribution in [0.15, 0.2) is 10.9 Å². The Bertz CT molecular complexity index is 311. The highest BCUT2D eigenvalue weighted by Gasteiger charge is 2.14. The summed E-state index contributed by atoms with van der Waals surface area (Å²) in [4.78, 5) is 15.4. The van der Waals surface area contributed by atoms with Crippen LogP contribution in [-0.2, 0) is 11.2 Å². The van der Waals surface area contributed by atoms with Gasteiger partial charge in [0, 0.05) is 13.0 Å². The van der Waals surface area contributed by atoms with E-state index in [4.69, 9.17) is 10.3 Å². The molecule has 0 fully saturated rings. The minimum atomic E-state index is -0.442. The van der Waals surface area contributed by atoms with Crippen molar-refractivity contribution < 1.29 is 9.32 Å². The van der Waals surface area contributed by atoms with Crippen LogP contribution in [0.1, 0.15) is 26.2 Å². The van der Waals surface area contributed by atoms with Crippen molar-refractivity contribution in [3.63, 3.8) is 0 Å². The summed E-state index contributed by atoms with van der Waals surface area (Å²) in [6, 6.07) is -0.442. The lowest BCUT2D eigenvalue weighted by atomic mass is 10.0. The number of nitrogens with two attached hydrogens (primary N) is 1. The molecule has 1 heterocycles. The number of amides is 1. The molecule has 0 saturated heterocycles. The van der Waals surface area contributed by atoms with Crippen molar-refractivity contribution in [2.45, 2.75) is 32.7 Å². The van der Waals surface area contributed by atoms with Gasteiger partial charge in [0.05, 0.1) is 6.04 Å². The van der Waals surface area contributed by atoms with Crippen molar-refractivity contribution in [3.05, 3.63) is 12.2 Å². The fourth-order valence-corrected chi connectivity index (χ4v) is 1.34. The largest absolute Gasteiger partial charge is 0.354 e. The summed E-state index contributed by atoms with van der Waals surface area (Å²) >= 11 is 0. The zero-order chi connectivity index (χ0) is 12.0. The Balaban J connectivity index is 2.19. The second-order valence-electron chi connectivity index (χ2n) is 4.11. The Labute approximate surface area is 94.6 Å². The van der Waals surface area contributed by atoms with Crippen LogP contribution < -0.4 is 11.1 Å². The van der Waals surface area contributed by atoms with Gasteiger partial charge in [-0.15, -0.1) is 0 Å². The number of hydrogen-bond acceptors (Lipinski definition) is 5. The summed E-state index contributed by atoms with van der Waals surface area (Å²) in [5.74, 6) is 0.794. The van der Waals surface area contributed by atoms with Crippen molar-refractivity contribution in [2.24, 2.45) is 11.7 Å². The van der Waals surface area contributed by atoms with Gasteiger partial charge in [-0.25, -0.2) is 0 Å². The fraction of sp³-hybridized carbons (Fsp3) is 0.700. The van der Waals surface area contributed by atoms with Crippen LogP contribution in [0.2, 0.25) is 0 Å². The van der Waals surface area contributed by atoms with Gasteiger partial charge in [0.1, 0.15) is 0 Å². The molecule has 1 amide bonds. The maximum atomic E-state index is 11.5. The molecule has 1 aromatic heterocycles. The zero-order valence-electron chi connectivity index (χ0n) is 9.64. The highest BCUT2D eigenvalue weighted by molar-refractivity contribution is 5.81. The van der Waals surface area contributed by atoms with Gasteiger partial charge < -0.3 is 15.6 Å². The molecule has 6 nitrogen and oxygen atoms in total. The average molecular weight is 226 g/mol. The lowest BCUT2D eigenvalue weighted by molar-refractivity contribution is -0.122. The van der Waals surface area contributed by atoms with Crippen LogP contribution in [-0.4, -0.2) is 28.6 Å². The van der Waals surface area contributed by atoms with Crippen LogP contribution in [0.3, 0.4) is 0 Å². The Morgan fingerprint density at radius 2 is 2.38 bits per heavy atom. The third-order valence-electron chi connectivity index (χ3n) is 2.11. The molecule has 0 aliphatic carbocycles. The summed E-state index contributed by atoms with van der Waals surface area (Å²) in [5, 5.41) is 6.21. The quantitative estimate of drug-likeness (QED) is 0.717. The number of nitrogens with one attached hydrogen (secondary N) is 1. The maximum absolute atomic E-state index is 11.5. The van der Waals surface area contributed by atoms with Crippen LogP contribution >= 0.6 is 0 Å². The van der Waals surface area contributed by atoms with Gasteiger partial charge in [0.25, 0.3) is 0 Å². The minimum Gasteiger partial charge on any atom is -0.354 e. The summed E-state index contributed by atoms with van der Waals surface area (Å²) in [5.41, 5.74) is 5.71. The maximum Gasteiger partial charge on any atom is 0.236 e. The first-order chi connectivity index (χ1) is 7.59. The predicted octanol–water partition coefficient (Wildman–Crippen LogP) is 0.102. The van der Waals surface area contributed by atoms with Crippen molar-refractivity contribution >= 4 is 5.91 Å². The van der Waals surface area contributed by atoms with Gasteiger partial charge in [-0.05, 0) is 12.3 Å². The first-order valence-electron chi connectivity index (χ1n) is 5.38. The molecule has 0 aliphatic rings. The van der Waals surface area contributed by atoms with E-state index in [1.165, 1.54) is 6.33 Å². The number of rotatable bonds is 6. The lowest BCUT2D eigenvalue weighted by Crippen LogP contribution is -2.42. The standard InChI is InChI=1S/C10H18N4O2/c1-7(2)5-8(11)10(15)12-4-3-9-13-6-14-16-9/h6-8H,3-5,11H2,1-2H3,(H,12,15). The normalized spacial score (nSPS) is 12.8. The third-order valence-corrected chi connectivity index (χ3v) is 2.11. The lowest BCUT2D eigenvalue weighted by Gasteiger charge is -2.13. The van der Waals surface area contributed by atoms with E-state index < -0.39 is 6.04 Å². The second kappa shape index (κ2) is 6.22. The van der Waals surface area contributed by atoms with Crippen molar-refractivity contribution in [1.29, 1.82) is 0 Å². The van der Waals surface area contributed by atoms with E-state index in [0.717, 1.165) is 0 Å². The average Bonchev–Trinajstić information content (AvgIpc) is 2.69. The van der Waals surface area contributed by atoms with Gasteiger partial charge in [0.2, 0.25) is 11.8 Å². The Morgan fingerprint density at radius 1 is 1.62 bits per heavy atom. The number of nitrogens with zero attached hydrogens (tertiary/aromatic N) is 2. The van der Waals surface area contributed by atoms with Crippen LogP contribution in [0.5, 0.6) is 0 Å². The SMILES string of the molecule is CC(C)CC(N)C(=O)NCCc1ncno1. The first-order valence-corrected chi connectivity index (χ1v) is 5.38. The van der Waals surface area contributed by atoms with Gasteiger partial charge in [-0.3, -0.25) is 4.79 Å². The molecular weight excluding hydrogens is 208 g/mol. The van der Waals surface area contributed by atoms with Crippen molar-refractivity contribution in [3.8, 4) is 0 Å². The molecule has 3 N–H and O–H groups in total. The molecule has 1 unspecified atom stereocenters. The predicted molar refractivity (Wildman–Crippen MR) is 58.4 cm³/mol. The molecule has 0 bridgehead atoms. The van der Waals surface area contributed by atoms with E-state index in [9.17, 15) is 4.79 Å². The fourth-order valence-electron chi connectivity index (χ4n) is 1.34. The highest BCUT2D eigenvalue weighted by atomic mass is 16.5. The molecule has 90 valence electrons. The van der Waals surface area contributed by atoms with Crippen LogP contribution in [0, 0.1) is 5.92 Å². The smallest absolute Gasteiger partial charge is 0.236 e. The van der Waals surface area contributed by atoms with Crippen molar-refractivity contribution in [1.82, 2.24) is 15.5 Å². The molecular formula is C10H18N4O2. The Kier molecular flexibility index (Phi) is 4.91. The molecule has 0 radical (unpaired) electrons. The van der Waals surface area contributed by atoms with Crippen LogP contribution in [0.25, 0.3) is 0 Å². The topological polar surface area (TPSA) is 94.0 Å². The number of carbonyl (C=O) groups is 1. The van der Waals surface area contributed by atoms with Gasteiger partial charge in [-0.2, -0.15) is 4.98 Å². The number of aromatic nitrogens is 2. The van der Waals surface area contributed by atoms with E-state index in [1.54, 1.807) is 0 Å². The molecule has 0 aromatic carbocycles. The van der Waals surface area contributed by atoms with Gasteiger partial charge in [-0.1, -0.05) is 19.0 Å². The molecule has 6 heteroatoms. The van der Waals surface area contributed by atoms with Gasteiger partial charge in [0.15, 0.2) is 6.33 Å². The minimum absolute atomic E-state index is 0.131. The summed E-state index contributed by atoms with van der Waals surface area (Å²) in [7, 11) is 0. The summed E-state index contributed by atoms with van der Waals surface area (Å²) in [6.45, 7) is 4.53. The highest BCUT2D eigenvalue weighted by Crippen LogP contribution is 2.02. The van der Waals surface area contributed by atoms with Crippen molar-refractivity contribution in [2.75, 3.05) is 6.54 Å². The Morgan fingerprint density at radius 3 is 2.94 bits per heavy atom. The second-order valence-corrected chi connectivity index (χ2v) is 4.11. The van der Waals surface area contributed by atoms with E-state index in [2.05, 4.69) is 15.5 Å². The zero-order valence-corrected chi connectivity index (χ0v) is 9.64. The molecule has 1 aromatic rings.